The smallest absolute Gasteiger partial charge is 0.335 e. The SMILES string of the molecule is COc1ccc2c(c1OC)O[C@@H]1c3c(CCC(C)C)cc(O[C@H]4O[C@H](C(=O)O)[C@@H](O)[C@H](O)[C@H]4O)cc3OC[C@@H]21. The molecule has 0 amide bonds. The molecule has 0 aliphatic carbocycles. The Morgan fingerprint density at radius 2 is 1.85 bits per heavy atom. The highest BCUT2D eigenvalue weighted by Crippen LogP contribution is 2.57. The summed E-state index contributed by atoms with van der Waals surface area (Å²) in [6.45, 7) is 4.58. The van der Waals surface area contributed by atoms with Gasteiger partial charge < -0.3 is 48.8 Å². The average Bonchev–Trinajstić information content (AvgIpc) is 3.29. The van der Waals surface area contributed by atoms with Gasteiger partial charge in [-0.25, -0.2) is 4.79 Å². The molecule has 0 unspecified atom stereocenters. The molecule has 212 valence electrons. The molecule has 5 rings (SSSR count). The summed E-state index contributed by atoms with van der Waals surface area (Å²) in [5, 5.41) is 40.0. The van der Waals surface area contributed by atoms with Crippen molar-refractivity contribution in [2.24, 2.45) is 5.92 Å². The van der Waals surface area contributed by atoms with Crippen LogP contribution in [-0.4, -0.2) is 77.9 Å². The second-order valence-corrected chi connectivity index (χ2v) is 10.5. The highest BCUT2D eigenvalue weighted by Gasteiger charge is 2.49. The lowest BCUT2D eigenvalue weighted by Gasteiger charge is -2.38. The largest absolute Gasteiger partial charge is 0.493 e. The molecule has 1 saturated heterocycles. The van der Waals surface area contributed by atoms with Gasteiger partial charge in [-0.3, -0.25) is 0 Å². The third-order valence-electron chi connectivity index (χ3n) is 7.50. The fourth-order valence-electron chi connectivity index (χ4n) is 5.42. The van der Waals surface area contributed by atoms with Gasteiger partial charge in [-0.15, -0.1) is 0 Å². The Kier molecular flexibility index (Phi) is 7.51. The zero-order valence-electron chi connectivity index (χ0n) is 22.2. The first-order valence-electron chi connectivity index (χ1n) is 12.9. The number of ether oxygens (including phenoxy) is 6. The number of carbonyl (C=O) groups is 1. The van der Waals surface area contributed by atoms with Gasteiger partial charge in [0.2, 0.25) is 12.0 Å². The molecule has 3 aliphatic rings. The van der Waals surface area contributed by atoms with Crippen molar-refractivity contribution in [1.29, 1.82) is 0 Å². The quantitative estimate of drug-likeness (QED) is 0.385. The molecule has 0 aromatic heterocycles. The Hall–Kier alpha value is -3.25. The highest BCUT2D eigenvalue weighted by atomic mass is 16.7. The molecule has 2 aromatic carbocycles. The van der Waals surface area contributed by atoms with Crippen LogP contribution in [0.15, 0.2) is 24.3 Å². The maximum atomic E-state index is 11.5. The highest BCUT2D eigenvalue weighted by molar-refractivity contribution is 5.73. The molecule has 11 nitrogen and oxygen atoms in total. The number of aryl methyl sites for hydroxylation is 1. The number of benzene rings is 2. The van der Waals surface area contributed by atoms with Gasteiger partial charge in [-0.1, -0.05) is 19.9 Å². The number of rotatable bonds is 8. The van der Waals surface area contributed by atoms with E-state index in [0.29, 0.717) is 41.9 Å². The van der Waals surface area contributed by atoms with E-state index < -0.39 is 36.7 Å². The lowest BCUT2D eigenvalue weighted by molar-refractivity contribution is -0.271. The van der Waals surface area contributed by atoms with Crippen LogP contribution in [0.5, 0.6) is 28.7 Å². The predicted octanol–water partition coefficient (Wildman–Crippen LogP) is 2.17. The first-order valence-corrected chi connectivity index (χ1v) is 12.9. The van der Waals surface area contributed by atoms with Crippen LogP contribution in [0.1, 0.15) is 49.0 Å². The molecule has 0 saturated carbocycles. The molecule has 0 radical (unpaired) electrons. The van der Waals surface area contributed by atoms with Crippen LogP contribution in [0.3, 0.4) is 0 Å². The van der Waals surface area contributed by atoms with Crippen LogP contribution in [0, 0.1) is 5.92 Å². The summed E-state index contributed by atoms with van der Waals surface area (Å²) >= 11 is 0. The Bertz CT molecular complexity index is 1230. The van der Waals surface area contributed by atoms with E-state index in [4.69, 9.17) is 28.4 Å². The number of carboxylic acid groups (broad SMARTS) is 1. The van der Waals surface area contributed by atoms with E-state index in [1.165, 1.54) is 0 Å². The van der Waals surface area contributed by atoms with Crippen molar-refractivity contribution in [3.05, 3.63) is 41.0 Å². The number of methoxy groups -OCH3 is 2. The summed E-state index contributed by atoms with van der Waals surface area (Å²) < 4.78 is 34.9. The summed E-state index contributed by atoms with van der Waals surface area (Å²) in [4.78, 5) is 11.5. The third-order valence-corrected chi connectivity index (χ3v) is 7.50. The average molecular weight is 547 g/mol. The minimum absolute atomic E-state index is 0.0756. The maximum absolute atomic E-state index is 11.5. The van der Waals surface area contributed by atoms with E-state index in [9.17, 15) is 25.2 Å². The zero-order valence-corrected chi connectivity index (χ0v) is 22.2. The number of aliphatic hydroxyl groups excluding tert-OH is 3. The lowest BCUT2D eigenvalue weighted by Crippen LogP contribution is -2.61. The van der Waals surface area contributed by atoms with Crippen LogP contribution in [0.25, 0.3) is 0 Å². The van der Waals surface area contributed by atoms with Crippen molar-refractivity contribution in [2.75, 3.05) is 20.8 Å². The van der Waals surface area contributed by atoms with Crippen molar-refractivity contribution in [3.8, 4) is 28.7 Å². The Balaban J connectivity index is 1.50. The Morgan fingerprint density at radius 1 is 1.08 bits per heavy atom. The second kappa shape index (κ2) is 10.7. The minimum atomic E-state index is -1.81. The fourth-order valence-corrected chi connectivity index (χ4v) is 5.42. The summed E-state index contributed by atoms with van der Waals surface area (Å²) in [5.74, 6) is 1.35. The van der Waals surface area contributed by atoms with Crippen LogP contribution < -0.4 is 23.7 Å². The van der Waals surface area contributed by atoms with Crippen molar-refractivity contribution >= 4 is 5.97 Å². The maximum Gasteiger partial charge on any atom is 0.335 e. The molecule has 3 aliphatic heterocycles. The molecule has 0 spiro atoms. The first kappa shape index (κ1) is 27.3. The fraction of sp³-hybridized carbons (Fsp3) is 0.536. The predicted molar refractivity (Wildman–Crippen MR) is 136 cm³/mol. The molecule has 1 fully saturated rings. The number of fused-ring (bicyclic) bond motifs is 5. The van der Waals surface area contributed by atoms with Gasteiger partial charge in [-0.05, 0) is 36.5 Å². The number of carboxylic acids is 1. The zero-order chi connectivity index (χ0) is 28.0. The number of aliphatic hydroxyl groups is 3. The van der Waals surface area contributed by atoms with Crippen LogP contribution in [0.4, 0.5) is 0 Å². The van der Waals surface area contributed by atoms with E-state index in [1.54, 1.807) is 26.4 Å². The molecular formula is C28H34O11. The normalized spacial score (nSPS) is 29.0. The summed E-state index contributed by atoms with van der Waals surface area (Å²) in [6, 6.07) is 7.24. The van der Waals surface area contributed by atoms with Gasteiger partial charge in [0.15, 0.2) is 17.6 Å². The van der Waals surface area contributed by atoms with Gasteiger partial charge in [0, 0.05) is 17.2 Å². The van der Waals surface area contributed by atoms with Crippen LogP contribution in [-0.2, 0) is 16.0 Å². The van der Waals surface area contributed by atoms with Gasteiger partial charge in [-0.2, -0.15) is 0 Å². The van der Waals surface area contributed by atoms with E-state index in [1.807, 2.05) is 12.1 Å². The second-order valence-electron chi connectivity index (χ2n) is 10.5. The van der Waals surface area contributed by atoms with E-state index in [-0.39, 0.29) is 17.8 Å². The summed E-state index contributed by atoms with van der Waals surface area (Å²) in [7, 11) is 3.14. The Labute approximate surface area is 225 Å². The third kappa shape index (κ3) is 4.84. The van der Waals surface area contributed by atoms with Gasteiger partial charge in [0.05, 0.1) is 26.7 Å². The molecule has 0 bridgehead atoms. The lowest BCUT2D eigenvalue weighted by atomic mass is 9.85. The van der Waals surface area contributed by atoms with Crippen molar-refractivity contribution in [3.63, 3.8) is 0 Å². The van der Waals surface area contributed by atoms with Crippen LogP contribution in [0.2, 0.25) is 0 Å². The van der Waals surface area contributed by atoms with E-state index >= 15 is 0 Å². The molecule has 7 atom stereocenters. The molecule has 2 aromatic rings. The molecular weight excluding hydrogens is 512 g/mol. The number of aliphatic carboxylic acids is 1. The minimum Gasteiger partial charge on any atom is -0.493 e. The molecule has 39 heavy (non-hydrogen) atoms. The molecule has 4 N–H and O–H groups in total. The summed E-state index contributed by atoms with van der Waals surface area (Å²) in [5.41, 5.74) is 2.75. The van der Waals surface area contributed by atoms with Crippen molar-refractivity contribution < 1.29 is 53.6 Å². The monoisotopic (exact) mass is 546 g/mol. The molecule has 11 heteroatoms. The van der Waals surface area contributed by atoms with Gasteiger partial charge in [0.1, 0.15) is 35.9 Å². The van der Waals surface area contributed by atoms with Gasteiger partial charge >= 0.3 is 5.97 Å². The van der Waals surface area contributed by atoms with Crippen molar-refractivity contribution in [1.82, 2.24) is 0 Å². The van der Waals surface area contributed by atoms with E-state index in [2.05, 4.69) is 13.8 Å². The standard InChI is InChI=1S/C28H34O11/c1-12(2)5-6-13-9-14(37-28-22(31)20(29)21(30)26(39-28)27(32)33)10-18-19(13)23-16(11-36-18)15-7-8-17(34-3)25(35-4)24(15)38-23/h7-10,12,16,20-23,26,28-31H,5-6,11H2,1-4H3,(H,32,33)/t16-,20-,21-,22+,23-,26-,28-/m0/s1. The Morgan fingerprint density at radius 3 is 2.51 bits per heavy atom. The first-order chi connectivity index (χ1) is 18.6. The topological polar surface area (TPSA) is 153 Å². The molecule has 3 heterocycles. The van der Waals surface area contributed by atoms with Crippen molar-refractivity contribution in [2.45, 2.75) is 69.4 Å². The van der Waals surface area contributed by atoms with Crippen LogP contribution >= 0.6 is 0 Å². The number of hydrogen-bond donors (Lipinski definition) is 4. The van der Waals surface area contributed by atoms with Gasteiger partial charge in [0.25, 0.3) is 0 Å². The summed E-state index contributed by atoms with van der Waals surface area (Å²) in [6.07, 6.45) is -7.33. The number of hydrogen-bond acceptors (Lipinski definition) is 10. The van der Waals surface area contributed by atoms with E-state index in [0.717, 1.165) is 23.1 Å².